The van der Waals surface area contributed by atoms with Gasteiger partial charge >= 0.3 is 5.97 Å². The number of carboxylic acid groups (broad SMARTS) is 1. The fraction of sp³-hybridized carbons (Fsp3) is 0.520. The van der Waals surface area contributed by atoms with Gasteiger partial charge in [-0.3, -0.25) is 19.4 Å². The summed E-state index contributed by atoms with van der Waals surface area (Å²) in [5, 5.41) is 15.8. The minimum Gasteiger partial charge on any atom is -0.480 e. The Hall–Kier alpha value is -2.65. The van der Waals surface area contributed by atoms with Crippen LogP contribution in [-0.4, -0.2) is 46.5 Å². The third-order valence-electron chi connectivity index (χ3n) is 6.52. The molecule has 2 saturated carbocycles. The van der Waals surface area contributed by atoms with Crippen molar-refractivity contribution in [2.75, 3.05) is 11.4 Å². The second-order valence-corrected chi connectivity index (χ2v) is 11.1. The van der Waals surface area contributed by atoms with E-state index in [9.17, 15) is 19.5 Å². The number of halogens is 1. The fourth-order valence-electron chi connectivity index (χ4n) is 4.55. The summed E-state index contributed by atoms with van der Waals surface area (Å²) >= 11 is 7.39. The molecule has 2 amide bonds. The zero-order valence-electron chi connectivity index (χ0n) is 19.8. The number of carboxylic acids is 1. The number of rotatable bonds is 11. The van der Waals surface area contributed by atoms with Crippen molar-refractivity contribution in [2.45, 2.75) is 70.5 Å². The molecule has 0 spiro atoms. The van der Waals surface area contributed by atoms with Crippen LogP contribution in [0.15, 0.2) is 24.4 Å². The van der Waals surface area contributed by atoms with Crippen molar-refractivity contribution >= 4 is 46.4 Å². The number of carbonyl (C=O) groups excluding carboxylic acids is 2. The lowest BCUT2D eigenvalue weighted by Crippen LogP contribution is -2.48. The normalized spacial score (nSPS) is 16.6. The zero-order valence-corrected chi connectivity index (χ0v) is 21.3. The standard InChI is InChI=1S/C25H31ClN4O4S/c1-15-21(11-17(26)12-27-15)30(14-23(31)32)13-19-8-9-22(35-19)25(34)29-20(10-16-4-2-3-5-16)24(33)28-18-6-7-18/h8-9,11-12,16,18,20H,2-7,10,13-14H2,1H3,(H,28,33)(H,29,34)(H,31,32)/t20-/m0/s1. The minimum absolute atomic E-state index is 0.0962. The van der Waals surface area contributed by atoms with Gasteiger partial charge in [-0.05, 0) is 50.3 Å². The summed E-state index contributed by atoms with van der Waals surface area (Å²) in [6.45, 7) is 1.86. The Bertz CT molecular complexity index is 1080. The Morgan fingerprint density at radius 1 is 1.23 bits per heavy atom. The first-order valence-electron chi connectivity index (χ1n) is 12.1. The molecule has 1 atom stereocenters. The van der Waals surface area contributed by atoms with Gasteiger partial charge in [0.05, 0.1) is 27.8 Å². The molecule has 2 aromatic heterocycles. The fourth-order valence-corrected chi connectivity index (χ4v) is 5.63. The van der Waals surface area contributed by atoms with E-state index in [1.807, 2.05) is 6.07 Å². The van der Waals surface area contributed by atoms with E-state index in [0.29, 0.717) is 40.2 Å². The second-order valence-electron chi connectivity index (χ2n) is 9.47. The van der Waals surface area contributed by atoms with E-state index in [-0.39, 0.29) is 24.4 Å². The van der Waals surface area contributed by atoms with Crippen LogP contribution in [0.1, 0.15) is 65.2 Å². The van der Waals surface area contributed by atoms with E-state index >= 15 is 0 Å². The largest absolute Gasteiger partial charge is 0.480 e. The molecule has 2 aromatic rings. The predicted octanol–water partition coefficient (Wildman–Crippen LogP) is 4.15. The molecule has 188 valence electrons. The molecule has 0 aliphatic heterocycles. The number of hydrogen-bond donors (Lipinski definition) is 3. The molecule has 2 aliphatic carbocycles. The number of thiophene rings is 1. The van der Waals surface area contributed by atoms with Crippen molar-refractivity contribution in [1.82, 2.24) is 15.6 Å². The van der Waals surface area contributed by atoms with Gasteiger partial charge in [-0.15, -0.1) is 11.3 Å². The molecule has 3 N–H and O–H groups in total. The van der Waals surface area contributed by atoms with Crippen LogP contribution in [0.4, 0.5) is 5.69 Å². The molecule has 0 bridgehead atoms. The number of pyridine rings is 1. The van der Waals surface area contributed by atoms with Gasteiger partial charge in [0.15, 0.2) is 0 Å². The molecule has 2 fully saturated rings. The van der Waals surface area contributed by atoms with Gasteiger partial charge in [0.25, 0.3) is 5.91 Å². The zero-order chi connectivity index (χ0) is 24.9. The summed E-state index contributed by atoms with van der Waals surface area (Å²) in [5.74, 6) is -0.889. The van der Waals surface area contributed by atoms with Crippen LogP contribution in [0.2, 0.25) is 5.02 Å². The van der Waals surface area contributed by atoms with Crippen molar-refractivity contribution in [2.24, 2.45) is 5.92 Å². The summed E-state index contributed by atoms with van der Waals surface area (Å²) in [5.41, 5.74) is 1.30. The molecular formula is C25H31ClN4O4S. The molecule has 0 radical (unpaired) electrons. The minimum atomic E-state index is -0.977. The highest BCUT2D eigenvalue weighted by Gasteiger charge is 2.31. The van der Waals surface area contributed by atoms with Gasteiger partial charge < -0.3 is 20.6 Å². The van der Waals surface area contributed by atoms with Gasteiger partial charge in [-0.2, -0.15) is 0 Å². The number of carbonyl (C=O) groups is 3. The lowest BCUT2D eigenvalue weighted by Gasteiger charge is -2.23. The maximum absolute atomic E-state index is 13.1. The van der Waals surface area contributed by atoms with Crippen LogP contribution >= 0.6 is 22.9 Å². The average molecular weight is 519 g/mol. The average Bonchev–Trinajstić information content (AvgIpc) is 3.26. The Morgan fingerprint density at radius 3 is 2.66 bits per heavy atom. The molecule has 0 saturated heterocycles. The van der Waals surface area contributed by atoms with Crippen molar-refractivity contribution in [3.63, 3.8) is 0 Å². The first kappa shape index (κ1) is 25.4. The Balaban J connectivity index is 1.45. The highest BCUT2D eigenvalue weighted by molar-refractivity contribution is 7.14. The first-order chi connectivity index (χ1) is 16.8. The molecule has 4 rings (SSSR count). The van der Waals surface area contributed by atoms with Gasteiger partial charge in [0.1, 0.15) is 12.6 Å². The van der Waals surface area contributed by atoms with Crippen LogP contribution < -0.4 is 15.5 Å². The van der Waals surface area contributed by atoms with Crippen LogP contribution in [0.5, 0.6) is 0 Å². The highest BCUT2D eigenvalue weighted by Crippen LogP contribution is 2.30. The van der Waals surface area contributed by atoms with E-state index in [4.69, 9.17) is 11.6 Å². The topological polar surface area (TPSA) is 112 Å². The van der Waals surface area contributed by atoms with Crippen LogP contribution in [0.25, 0.3) is 0 Å². The first-order valence-corrected chi connectivity index (χ1v) is 13.3. The van der Waals surface area contributed by atoms with E-state index in [1.165, 1.54) is 30.4 Å². The molecular weight excluding hydrogens is 488 g/mol. The number of hydrogen-bond acceptors (Lipinski definition) is 6. The molecule has 0 unspecified atom stereocenters. The molecule has 35 heavy (non-hydrogen) atoms. The SMILES string of the molecule is Cc1ncc(Cl)cc1N(CC(=O)O)Cc1ccc(C(=O)N[C@@H](CC2CCCC2)C(=O)NC2CC2)s1. The number of nitrogens with zero attached hydrogens (tertiary/aromatic N) is 2. The van der Waals surface area contributed by atoms with Gasteiger partial charge in [0.2, 0.25) is 5.91 Å². The quantitative estimate of drug-likeness (QED) is 0.412. The van der Waals surface area contributed by atoms with Crippen molar-refractivity contribution in [1.29, 1.82) is 0 Å². The molecule has 10 heteroatoms. The third-order valence-corrected chi connectivity index (χ3v) is 7.79. The third kappa shape index (κ3) is 7.18. The van der Waals surface area contributed by atoms with E-state index in [0.717, 1.165) is 30.6 Å². The smallest absolute Gasteiger partial charge is 0.323 e. The molecule has 8 nitrogen and oxygen atoms in total. The van der Waals surface area contributed by atoms with E-state index in [1.54, 1.807) is 24.0 Å². The number of anilines is 1. The number of aromatic nitrogens is 1. The van der Waals surface area contributed by atoms with E-state index < -0.39 is 12.0 Å². The van der Waals surface area contributed by atoms with Crippen LogP contribution in [-0.2, 0) is 16.1 Å². The summed E-state index contributed by atoms with van der Waals surface area (Å²) in [7, 11) is 0. The summed E-state index contributed by atoms with van der Waals surface area (Å²) in [4.78, 5) is 44.6. The Morgan fingerprint density at radius 2 is 1.97 bits per heavy atom. The lowest BCUT2D eigenvalue weighted by molar-refractivity contribution is -0.135. The number of nitrogens with one attached hydrogen (secondary N) is 2. The van der Waals surface area contributed by atoms with Crippen LogP contribution in [0, 0.1) is 12.8 Å². The Kier molecular flexibility index (Phi) is 8.28. The molecule has 0 aromatic carbocycles. The van der Waals surface area contributed by atoms with Gasteiger partial charge in [0, 0.05) is 17.1 Å². The highest BCUT2D eigenvalue weighted by atomic mass is 35.5. The predicted molar refractivity (Wildman–Crippen MR) is 136 cm³/mol. The molecule has 2 aliphatic rings. The molecule has 2 heterocycles. The van der Waals surface area contributed by atoms with Gasteiger partial charge in [-0.1, -0.05) is 37.3 Å². The Labute approximate surface area is 214 Å². The monoisotopic (exact) mass is 518 g/mol. The number of amides is 2. The number of aliphatic carboxylic acids is 1. The van der Waals surface area contributed by atoms with Gasteiger partial charge in [-0.25, -0.2) is 0 Å². The summed E-state index contributed by atoms with van der Waals surface area (Å²) in [6.07, 6.45) is 8.74. The van der Waals surface area contributed by atoms with Crippen molar-refractivity contribution in [3.05, 3.63) is 44.9 Å². The second kappa shape index (κ2) is 11.4. The summed E-state index contributed by atoms with van der Waals surface area (Å²) in [6, 6.07) is 4.94. The van der Waals surface area contributed by atoms with E-state index in [2.05, 4.69) is 15.6 Å². The van der Waals surface area contributed by atoms with Crippen molar-refractivity contribution < 1.29 is 19.5 Å². The van der Waals surface area contributed by atoms with Crippen LogP contribution in [0.3, 0.4) is 0 Å². The maximum atomic E-state index is 13.1. The summed E-state index contributed by atoms with van der Waals surface area (Å²) < 4.78 is 0. The maximum Gasteiger partial charge on any atom is 0.323 e. The lowest BCUT2D eigenvalue weighted by atomic mass is 9.97. The van der Waals surface area contributed by atoms with Crippen molar-refractivity contribution in [3.8, 4) is 0 Å². The number of aryl methyl sites for hydroxylation is 1.